The first-order valence-electron chi connectivity index (χ1n) is 8.75. The Kier molecular flexibility index (Phi) is 5.69. The number of methoxy groups -OCH3 is 1. The zero-order chi connectivity index (χ0) is 18.0. The molecule has 6 heteroatoms. The van der Waals surface area contributed by atoms with Crippen molar-refractivity contribution in [2.75, 3.05) is 26.5 Å². The Balaban J connectivity index is 1.72. The number of carbonyl (C=O) groups is 2. The molecule has 1 N–H and O–H groups in total. The van der Waals surface area contributed by atoms with Crippen LogP contribution in [0.1, 0.15) is 30.1 Å². The quantitative estimate of drug-likeness (QED) is 0.836. The number of amides is 2. The topological polar surface area (TPSA) is 58.6 Å². The van der Waals surface area contributed by atoms with Crippen LogP contribution in [0.15, 0.2) is 29.2 Å². The van der Waals surface area contributed by atoms with Gasteiger partial charge in [0.2, 0.25) is 5.91 Å². The summed E-state index contributed by atoms with van der Waals surface area (Å²) in [6.07, 6.45) is 3.78. The molecule has 0 aromatic heterocycles. The number of fused-ring (bicyclic) bond motifs is 1. The van der Waals surface area contributed by atoms with Crippen molar-refractivity contribution in [1.29, 1.82) is 0 Å². The fourth-order valence-electron chi connectivity index (χ4n) is 4.24. The number of nitrogens with one attached hydrogen (secondary N) is 1. The van der Waals surface area contributed by atoms with Gasteiger partial charge >= 0.3 is 0 Å². The first kappa shape index (κ1) is 18.3. The first-order valence-corrected chi connectivity index (χ1v) is 9.98. The number of ether oxygens (including phenoxy) is 1. The Bertz CT molecular complexity index is 651. The van der Waals surface area contributed by atoms with Crippen molar-refractivity contribution in [3.63, 3.8) is 0 Å². The van der Waals surface area contributed by atoms with E-state index in [0.717, 1.165) is 36.4 Å². The molecule has 0 spiro atoms. The lowest BCUT2D eigenvalue weighted by molar-refractivity contribution is -0.121. The second kappa shape index (κ2) is 7.79. The number of hydrogen-bond donors (Lipinski definition) is 1. The number of nitrogens with zero attached hydrogens (tertiary/aromatic N) is 1. The Labute approximate surface area is 153 Å². The van der Waals surface area contributed by atoms with Crippen molar-refractivity contribution in [2.24, 2.45) is 11.8 Å². The molecule has 0 radical (unpaired) electrons. The maximum Gasteiger partial charge on any atom is 0.255 e. The number of likely N-dealkylation sites (tertiary alicyclic amines) is 1. The van der Waals surface area contributed by atoms with E-state index in [2.05, 4.69) is 5.32 Å². The van der Waals surface area contributed by atoms with Crippen LogP contribution < -0.4 is 5.32 Å². The van der Waals surface area contributed by atoms with Gasteiger partial charge in [-0.1, -0.05) is 12.1 Å². The minimum atomic E-state index is -0.0228. The molecule has 136 valence electrons. The lowest BCUT2D eigenvalue weighted by Gasteiger charge is -2.37. The Morgan fingerprint density at radius 3 is 2.52 bits per heavy atom. The molecule has 1 heterocycles. The van der Waals surface area contributed by atoms with Gasteiger partial charge in [0.1, 0.15) is 0 Å². The lowest BCUT2D eigenvalue weighted by atomic mass is 9.77. The molecule has 1 saturated carbocycles. The van der Waals surface area contributed by atoms with Crippen LogP contribution in [0.4, 0.5) is 0 Å². The largest absolute Gasteiger partial charge is 0.379 e. The molecular formula is C19H26N2O3S. The molecule has 2 fully saturated rings. The van der Waals surface area contributed by atoms with Crippen LogP contribution in [-0.2, 0) is 9.53 Å². The summed E-state index contributed by atoms with van der Waals surface area (Å²) < 4.78 is 5.61. The van der Waals surface area contributed by atoms with E-state index in [-0.39, 0.29) is 24.0 Å². The Hall–Kier alpha value is -1.53. The smallest absolute Gasteiger partial charge is 0.255 e. The van der Waals surface area contributed by atoms with Crippen LogP contribution >= 0.6 is 11.8 Å². The predicted molar refractivity (Wildman–Crippen MR) is 98.7 cm³/mol. The predicted octanol–water partition coefficient (Wildman–Crippen LogP) is 2.41. The molecule has 4 atom stereocenters. The van der Waals surface area contributed by atoms with Gasteiger partial charge in [0.05, 0.1) is 17.7 Å². The summed E-state index contributed by atoms with van der Waals surface area (Å²) in [5.74, 6) is 0.962. The molecule has 1 aromatic rings. The van der Waals surface area contributed by atoms with Gasteiger partial charge in [0.25, 0.3) is 5.91 Å². The van der Waals surface area contributed by atoms with Crippen molar-refractivity contribution < 1.29 is 14.3 Å². The van der Waals surface area contributed by atoms with Crippen molar-refractivity contribution in [3.05, 3.63) is 29.8 Å². The summed E-state index contributed by atoms with van der Waals surface area (Å²) in [4.78, 5) is 27.5. The summed E-state index contributed by atoms with van der Waals surface area (Å²) in [6.45, 7) is 3.08. The van der Waals surface area contributed by atoms with Gasteiger partial charge in [-0.3, -0.25) is 9.59 Å². The zero-order valence-corrected chi connectivity index (χ0v) is 15.8. The monoisotopic (exact) mass is 362 g/mol. The summed E-state index contributed by atoms with van der Waals surface area (Å²) in [7, 11) is 1.70. The summed E-state index contributed by atoms with van der Waals surface area (Å²) in [6, 6.07) is 7.83. The number of benzene rings is 1. The van der Waals surface area contributed by atoms with Gasteiger partial charge in [-0.15, -0.1) is 11.8 Å². The molecule has 1 saturated heterocycles. The molecule has 0 unspecified atom stereocenters. The minimum absolute atomic E-state index is 0.0228. The standard InChI is InChI=1S/C19H26N2O3S/c1-12(22)20-16-8-13-10-21(11-14(13)9-17(16)24-2)19(23)15-6-4-5-7-18(15)25-3/h4-7,13-14,16-17H,8-11H2,1-3H3,(H,20,22)/t13-,14+,16-,17-/m1/s1. The minimum Gasteiger partial charge on any atom is -0.379 e. The summed E-state index contributed by atoms with van der Waals surface area (Å²) >= 11 is 1.60. The van der Waals surface area contributed by atoms with Gasteiger partial charge in [-0.05, 0) is 43.1 Å². The highest BCUT2D eigenvalue weighted by atomic mass is 32.2. The zero-order valence-electron chi connectivity index (χ0n) is 15.0. The van der Waals surface area contributed by atoms with Crippen molar-refractivity contribution in [2.45, 2.75) is 36.8 Å². The average Bonchev–Trinajstić information content (AvgIpc) is 3.02. The van der Waals surface area contributed by atoms with Gasteiger partial charge < -0.3 is 15.0 Å². The lowest BCUT2D eigenvalue weighted by Crippen LogP contribution is -2.49. The Morgan fingerprint density at radius 2 is 1.88 bits per heavy atom. The molecule has 25 heavy (non-hydrogen) atoms. The van der Waals surface area contributed by atoms with E-state index in [4.69, 9.17) is 4.74 Å². The van der Waals surface area contributed by atoms with E-state index in [1.165, 1.54) is 0 Å². The van der Waals surface area contributed by atoms with Gasteiger partial charge in [0, 0.05) is 32.0 Å². The SMILES string of the molecule is CO[C@@H]1C[C@H]2CN(C(=O)c3ccccc3SC)C[C@H]2C[C@H]1NC(C)=O. The van der Waals surface area contributed by atoms with E-state index in [9.17, 15) is 9.59 Å². The van der Waals surface area contributed by atoms with Crippen LogP contribution in [0.2, 0.25) is 0 Å². The highest BCUT2D eigenvalue weighted by Crippen LogP contribution is 2.38. The van der Waals surface area contributed by atoms with Gasteiger partial charge in [-0.2, -0.15) is 0 Å². The van der Waals surface area contributed by atoms with Crippen LogP contribution in [-0.4, -0.2) is 55.3 Å². The molecule has 1 aliphatic heterocycles. The molecule has 5 nitrogen and oxygen atoms in total. The van der Waals surface area contributed by atoms with Crippen LogP contribution in [0.25, 0.3) is 0 Å². The highest BCUT2D eigenvalue weighted by Gasteiger charge is 2.44. The summed E-state index contributed by atoms with van der Waals surface area (Å²) in [5.41, 5.74) is 0.787. The second-order valence-electron chi connectivity index (χ2n) is 6.98. The molecular weight excluding hydrogens is 336 g/mol. The molecule has 3 rings (SSSR count). The van der Waals surface area contributed by atoms with E-state index < -0.39 is 0 Å². The van der Waals surface area contributed by atoms with Gasteiger partial charge in [0.15, 0.2) is 0 Å². The highest BCUT2D eigenvalue weighted by molar-refractivity contribution is 7.98. The van der Waals surface area contributed by atoms with E-state index in [0.29, 0.717) is 11.8 Å². The average molecular weight is 362 g/mol. The molecule has 2 aliphatic rings. The van der Waals surface area contributed by atoms with Crippen molar-refractivity contribution in [1.82, 2.24) is 10.2 Å². The number of thioether (sulfide) groups is 1. The van der Waals surface area contributed by atoms with Gasteiger partial charge in [-0.25, -0.2) is 0 Å². The second-order valence-corrected chi connectivity index (χ2v) is 7.83. The normalized spacial score (nSPS) is 28.5. The van der Waals surface area contributed by atoms with Crippen molar-refractivity contribution >= 4 is 23.6 Å². The molecule has 1 aromatic carbocycles. The van der Waals surface area contributed by atoms with E-state index >= 15 is 0 Å². The summed E-state index contributed by atoms with van der Waals surface area (Å²) in [5, 5.41) is 3.02. The maximum atomic E-state index is 13.0. The molecule has 2 amide bonds. The van der Waals surface area contributed by atoms with E-state index in [1.807, 2.05) is 35.4 Å². The third kappa shape index (κ3) is 3.85. The fourth-order valence-corrected chi connectivity index (χ4v) is 4.83. The third-order valence-electron chi connectivity index (χ3n) is 5.43. The maximum absolute atomic E-state index is 13.0. The third-order valence-corrected chi connectivity index (χ3v) is 6.23. The first-order chi connectivity index (χ1) is 12.0. The van der Waals surface area contributed by atoms with Crippen LogP contribution in [0.3, 0.4) is 0 Å². The molecule has 1 aliphatic carbocycles. The fraction of sp³-hybridized carbons (Fsp3) is 0.579. The Morgan fingerprint density at radius 1 is 1.20 bits per heavy atom. The number of hydrogen-bond acceptors (Lipinski definition) is 4. The van der Waals surface area contributed by atoms with Crippen LogP contribution in [0, 0.1) is 11.8 Å². The van der Waals surface area contributed by atoms with Crippen molar-refractivity contribution in [3.8, 4) is 0 Å². The number of carbonyl (C=O) groups excluding carboxylic acids is 2. The van der Waals surface area contributed by atoms with E-state index in [1.54, 1.807) is 25.8 Å². The van der Waals surface area contributed by atoms with Crippen LogP contribution in [0.5, 0.6) is 0 Å². The number of rotatable bonds is 4. The molecule has 0 bridgehead atoms.